The van der Waals surface area contributed by atoms with E-state index in [9.17, 15) is 4.79 Å². The molecule has 0 spiro atoms. The van der Waals surface area contributed by atoms with E-state index in [-0.39, 0.29) is 12.4 Å². The molecule has 0 amide bonds. The van der Waals surface area contributed by atoms with Crippen LogP contribution in [0.2, 0.25) is 0 Å². The van der Waals surface area contributed by atoms with Gasteiger partial charge in [0.2, 0.25) is 0 Å². The molecular formula is C16H25NO3. The minimum Gasteiger partial charge on any atom is -0.493 e. The van der Waals surface area contributed by atoms with Crippen LogP contribution in [0.1, 0.15) is 36.5 Å². The summed E-state index contributed by atoms with van der Waals surface area (Å²) in [4.78, 5) is 14.3. The molecule has 4 heteroatoms. The topological polar surface area (TPSA) is 49.8 Å². The number of ether oxygens (including phenoxy) is 1. The van der Waals surface area contributed by atoms with Crippen molar-refractivity contribution < 1.29 is 14.6 Å². The molecule has 0 aliphatic heterocycles. The molecule has 0 saturated heterocycles. The average molecular weight is 279 g/mol. The quantitative estimate of drug-likeness (QED) is 0.527. The Hall–Kier alpha value is -1.39. The summed E-state index contributed by atoms with van der Waals surface area (Å²) in [6.45, 7) is 3.96. The molecule has 1 rings (SSSR count). The largest absolute Gasteiger partial charge is 0.493 e. The van der Waals surface area contributed by atoms with E-state index in [0.717, 1.165) is 25.8 Å². The Labute approximate surface area is 121 Å². The van der Waals surface area contributed by atoms with Crippen molar-refractivity contribution in [3.05, 3.63) is 29.8 Å². The van der Waals surface area contributed by atoms with Crippen molar-refractivity contribution in [1.82, 2.24) is 4.90 Å². The van der Waals surface area contributed by atoms with Gasteiger partial charge in [0.15, 0.2) is 5.78 Å². The molecule has 0 aromatic heterocycles. The molecule has 112 valence electrons. The zero-order valence-electron chi connectivity index (χ0n) is 12.5. The van der Waals surface area contributed by atoms with Crippen LogP contribution in [0.15, 0.2) is 24.3 Å². The zero-order chi connectivity index (χ0) is 14.8. The number of likely N-dealkylation sites (N-methyl/N-ethyl adjacent to an activating group) is 1. The molecule has 0 bridgehead atoms. The smallest absolute Gasteiger partial charge is 0.180 e. The van der Waals surface area contributed by atoms with Crippen LogP contribution in [0, 0.1) is 0 Å². The Bertz CT molecular complexity index is 406. The summed E-state index contributed by atoms with van der Waals surface area (Å²) in [6.07, 6.45) is 2.82. The van der Waals surface area contributed by atoms with Gasteiger partial charge in [0, 0.05) is 6.61 Å². The van der Waals surface area contributed by atoms with E-state index in [0.29, 0.717) is 24.5 Å². The lowest BCUT2D eigenvalue weighted by atomic mass is 10.1. The third kappa shape index (κ3) is 5.72. The third-order valence-corrected chi connectivity index (χ3v) is 3.10. The van der Waals surface area contributed by atoms with Crippen LogP contribution in [0.5, 0.6) is 5.75 Å². The van der Waals surface area contributed by atoms with E-state index in [1.807, 2.05) is 43.1 Å². The van der Waals surface area contributed by atoms with Crippen molar-refractivity contribution in [2.45, 2.75) is 26.2 Å². The van der Waals surface area contributed by atoms with Gasteiger partial charge in [-0.25, -0.2) is 0 Å². The highest BCUT2D eigenvalue weighted by atomic mass is 16.5. The lowest BCUT2D eigenvalue weighted by molar-refractivity contribution is 0.0941. The number of rotatable bonds is 10. The lowest BCUT2D eigenvalue weighted by Crippen LogP contribution is -2.27. The lowest BCUT2D eigenvalue weighted by Gasteiger charge is -2.16. The number of carbonyl (C=O) groups is 1. The van der Waals surface area contributed by atoms with Gasteiger partial charge in [0.25, 0.3) is 0 Å². The number of aliphatic hydroxyl groups is 1. The molecule has 0 atom stereocenters. The first-order valence-electron chi connectivity index (χ1n) is 7.23. The molecule has 1 aromatic rings. The van der Waals surface area contributed by atoms with E-state index in [1.54, 1.807) is 0 Å². The van der Waals surface area contributed by atoms with Crippen LogP contribution >= 0.6 is 0 Å². The van der Waals surface area contributed by atoms with Crippen LogP contribution in [0.3, 0.4) is 0 Å². The van der Waals surface area contributed by atoms with Gasteiger partial charge >= 0.3 is 0 Å². The molecule has 0 unspecified atom stereocenters. The summed E-state index contributed by atoms with van der Waals surface area (Å²) in [5, 5.41) is 8.73. The van der Waals surface area contributed by atoms with Crippen molar-refractivity contribution in [2.24, 2.45) is 0 Å². The van der Waals surface area contributed by atoms with E-state index in [2.05, 4.69) is 0 Å². The zero-order valence-corrected chi connectivity index (χ0v) is 12.5. The van der Waals surface area contributed by atoms with E-state index < -0.39 is 0 Å². The summed E-state index contributed by atoms with van der Waals surface area (Å²) >= 11 is 0. The van der Waals surface area contributed by atoms with Gasteiger partial charge in [-0.2, -0.15) is 0 Å². The predicted molar refractivity (Wildman–Crippen MR) is 80.4 cm³/mol. The molecule has 1 N–H and O–H groups in total. The number of Topliss-reactive ketones (excluding diaryl/α,β-unsaturated/α-hetero) is 1. The summed E-state index contributed by atoms with van der Waals surface area (Å²) < 4.78 is 5.49. The number of hydrogen-bond acceptors (Lipinski definition) is 4. The minimum absolute atomic E-state index is 0.0821. The molecule has 0 aliphatic rings. The van der Waals surface area contributed by atoms with Crippen LogP contribution < -0.4 is 4.74 Å². The summed E-state index contributed by atoms with van der Waals surface area (Å²) in [5.41, 5.74) is 0.650. The molecular weight excluding hydrogens is 254 g/mol. The van der Waals surface area contributed by atoms with Crippen molar-refractivity contribution in [1.29, 1.82) is 0 Å². The predicted octanol–water partition coefficient (Wildman–Crippen LogP) is 2.36. The molecule has 0 saturated carbocycles. The monoisotopic (exact) mass is 279 g/mol. The molecule has 0 fully saturated rings. The van der Waals surface area contributed by atoms with Crippen LogP contribution in [-0.2, 0) is 0 Å². The molecule has 4 nitrogen and oxygen atoms in total. The maximum Gasteiger partial charge on any atom is 0.180 e. The first-order valence-corrected chi connectivity index (χ1v) is 7.23. The highest BCUT2D eigenvalue weighted by molar-refractivity contribution is 6.00. The van der Waals surface area contributed by atoms with E-state index in [4.69, 9.17) is 9.84 Å². The second-order valence-electron chi connectivity index (χ2n) is 4.87. The summed E-state index contributed by atoms with van der Waals surface area (Å²) in [7, 11) is 1.94. The highest BCUT2D eigenvalue weighted by Crippen LogP contribution is 2.18. The van der Waals surface area contributed by atoms with Crippen molar-refractivity contribution in [3.63, 3.8) is 0 Å². The number of nitrogens with zero attached hydrogens (tertiary/aromatic N) is 1. The van der Waals surface area contributed by atoms with Gasteiger partial charge in [-0.05, 0) is 51.9 Å². The first-order chi connectivity index (χ1) is 9.69. The number of ketones is 1. The Morgan fingerprint density at radius 3 is 2.70 bits per heavy atom. The standard InChI is InChI=1S/C16H25NO3/c1-3-20-16-10-6-5-9-14(16)15(19)13-17(2)11-7-4-8-12-18/h5-6,9-10,18H,3-4,7-8,11-13H2,1-2H3. The van der Waals surface area contributed by atoms with Crippen molar-refractivity contribution >= 4 is 5.78 Å². The Balaban J connectivity index is 2.49. The average Bonchev–Trinajstić information content (AvgIpc) is 2.44. The number of unbranched alkanes of at least 4 members (excludes halogenated alkanes) is 2. The Morgan fingerprint density at radius 1 is 1.25 bits per heavy atom. The van der Waals surface area contributed by atoms with Crippen molar-refractivity contribution in [3.8, 4) is 5.75 Å². The van der Waals surface area contributed by atoms with Gasteiger partial charge < -0.3 is 9.84 Å². The fourth-order valence-electron chi connectivity index (χ4n) is 2.06. The number of carbonyl (C=O) groups excluding carboxylic acids is 1. The van der Waals surface area contributed by atoms with Gasteiger partial charge in [0.1, 0.15) is 5.75 Å². The van der Waals surface area contributed by atoms with E-state index >= 15 is 0 Å². The Kier molecular flexibility index (Phi) is 7.92. The fraction of sp³-hybridized carbons (Fsp3) is 0.562. The number of para-hydroxylation sites is 1. The second kappa shape index (κ2) is 9.50. The maximum absolute atomic E-state index is 12.3. The first kappa shape index (κ1) is 16.7. The second-order valence-corrected chi connectivity index (χ2v) is 4.87. The SMILES string of the molecule is CCOc1ccccc1C(=O)CN(C)CCCCCO. The van der Waals surface area contributed by atoms with Gasteiger partial charge in [-0.3, -0.25) is 9.69 Å². The fourth-order valence-corrected chi connectivity index (χ4v) is 2.06. The number of aliphatic hydroxyl groups excluding tert-OH is 1. The molecule has 1 aromatic carbocycles. The molecule has 0 heterocycles. The third-order valence-electron chi connectivity index (χ3n) is 3.10. The maximum atomic E-state index is 12.3. The number of benzene rings is 1. The molecule has 0 radical (unpaired) electrons. The Morgan fingerprint density at radius 2 is 2.00 bits per heavy atom. The highest BCUT2D eigenvalue weighted by Gasteiger charge is 2.13. The van der Waals surface area contributed by atoms with Gasteiger partial charge in [-0.1, -0.05) is 12.1 Å². The van der Waals surface area contributed by atoms with Crippen molar-refractivity contribution in [2.75, 3.05) is 33.4 Å². The minimum atomic E-state index is 0.0821. The van der Waals surface area contributed by atoms with Crippen LogP contribution in [0.25, 0.3) is 0 Å². The van der Waals surface area contributed by atoms with Gasteiger partial charge in [0.05, 0.1) is 18.7 Å². The number of hydrogen-bond donors (Lipinski definition) is 1. The van der Waals surface area contributed by atoms with Crippen LogP contribution in [-0.4, -0.2) is 49.1 Å². The normalized spacial score (nSPS) is 10.8. The van der Waals surface area contributed by atoms with E-state index in [1.165, 1.54) is 0 Å². The summed E-state index contributed by atoms with van der Waals surface area (Å²) in [6, 6.07) is 7.38. The van der Waals surface area contributed by atoms with Gasteiger partial charge in [-0.15, -0.1) is 0 Å². The van der Waals surface area contributed by atoms with Crippen LogP contribution in [0.4, 0.5) is 0 Å². The molecule has 20 heavy (non-hydrogen) atoms. The summed E-state index contributed by atoms with van der Waals surface area (Å²) in [5.74, 6) is 0.743. The molecule has 0 aliphatic carbocycles.